The summed E-state index contributed by atoms with van der Waals surface area (Å²) in [5.74, 6) is 2.05. The number of aromatic nitrogens is 3. The van der Waals surface area contributed by atoms with Gasteiger partial charge in [0.2, 0.25) is 0 Å². The summed E-state index contributed by atoms with van der Waals surface area (Å²) in [7, 11) is 0. The second-order valence-electron chi connectivity index (χ2n) is 6.66. The van der Waals surface area contributed by atoms with Gasteiger partial charge in [-0.05, 0) is 43.4 Å². The molecule has 0 aliphatic heterocycles. The van der Waals surface area contributed by atoms with Gasteiger partial charge in [0.25, 0.3) is 0 Å². The minimum Gasteiger partial charge on any atom is -0.313 e. The van der Waals surface area contributed by atoms with Gasteiger partial charge in [-0.15, -0.1) is 0 Å². The highest BCUT2D eigenvalue weighted by molar-refractivity contribution is 5.01. The van der Waals surface area contributed by atoms with Crippen LogP contribution in [0.25, 0.3) is 0 Å². The normalized spacial score (nSPS) is 22.4. The minimum absolute atomic E-state index is 0.362. The first-order valence-electron chi connectivity index (χ1n) is 7.81. The Kier molecular flexibility index (Phi) is 3.61. The number of nitrogens with one attached hydrogen (secondary N) is 1. The Labute approximate surface area is 116 Å². The van der Waals surface area contributed by atoms with Gasteiger partial charge in [0, 0.05) is 25.6 Å². The van der Waals surface area contributed by atoms with E-state index in [0.717, 1.165) is 37.9 Å². The van der Waals surface area contributed by atoms with Crippen LogP contribution in [0.1, 0.15) is 51.8 Å². The fourth-order valence-electron chi connectivity index (χ4n) is 2.98. The molecule has 19 heavy (non-hydrogen) atoms. The van der Waals surface area contributed by atoms with Gasteiger partial charge in [-0.3, -0.25) is 4.68 Å². The van der Waals surface area contributed by atoms with Crippen LogP contribution in [-0.4, -0.2) is 27.4 Å². The summed E-state index contributed by atoms with van der Waals surface area (Å²) in [5.41, 5.74) is 0.362. The van der Waals surface area contributed by atoms with E-state index in [1.165, 1.54) is 31.5 Å². The van der Waals surface area contributed by atoms with Crippen molar-refractivity contribution >= 4 is 0 Å². The topological polar surface area (TPSA) is 42.7 Å². The molecule has 2 fully saturated rings. The van der Waals surface area contributed by atoms with Crippen LogP contribution >= 0.6 is 0 Å². The van der Waals surface area contributed by atoms with E-state index in [9.17, 15) is 0 Å². The number of hydrogen-bond donors (Lipinski definition) is 1. The minimum atomic E-state index is 0.362. The maximum Gasteiger partial charge on any atom is 0.138 e. The lowest BCUT2D eigenvalue weighted by Crippen LogP contribution is -2.37. The van der Waals surface area contributed by atoms with Crippen molar-refractivity contribution in [2.45, 2.75) is 65.0 Å². The quantitative estimate of drug-likeness (QED) is 0.782. The van der Waals surface area contributed by atoms with E-state index in [-0.39, 0.29) is 0 Å². The van der Waals surface area contributed by atoms with E-state index < -0.39 is 0 Å². The number of nitrogens with zero attached hydrogens (tertiary/aromatic N) is 3. The first kappa shape index (κ1) is 13.1. The van der Waals surface area contributed by atoms with E-state index in [1.807, 2.05) is 0 Å². The highest BCUT2D eigenvalue weighted by Crippen LogP contribution is 2.47. The molecular weight excluding hydrogens is 236 g/mol. The molecule has 4 nitrogen and oxygen atoms in total. The fraction of sp³-hybridized carbons (Fsp3) is 0.867. The van der Waals surface area contributed by atoms with Crippen LogP contribution in [0.4, 0.5) is 0 Å². The largest absolute Gasteiger partial charge is 0.313 e. The monoisotopic (exact) mass is 262 g/mol. The Bertz CT molecular complexity index is 420. The standard InChI is InChI=1S/C15H26N4/c1-3-8-19-14(17-11-18-19)9-15(2,12-4-5-12)10-16-13-6-7-13/h11-13,16H,3-10H2,1-2H3. The van der Waals surface area contributed by atoms with Gasteiger partial charge in [0.15, 0.2) is 0 Å². The van der Waals surface area contributed by atoms with Gasteiger partial charge in [-0.1, -0.05) is 13.8 Å². The van der Waals surface area contributed by atoms with E-state index in [2.05, 4.69) is 33.9 Å². The van der Waals surface area contributed by atoms with Crippen LogP contribution in [0.3, 0.4) is 0 Å². The lowest BCUT2D eigenvalue weighted by Gasteiger charge is -2.30. The van der Waals surface area contributed by atoms with E-state index in [1.54, 1.807) is 6.33 Å². The summed E-state index contributed by atoms with van der Waals surface area (Å²) in [5, 5.41) is 8.09. The molecule has 1 aromatic rings. The molecule has 4 heteroatoms. The molecule has 0 bridgehead atoms. The van der Waals surface area contributed by atoms with Crippen LogP contribution in [-0.2, 0) is 13.0 Å². The van der Waals surface area contributed by atoms with Crippen LogP contribution in [0.2, 0.25) is 0 Å². The Morgan fingerprint density at radius 2 is 2.16 bits per heavy atom. The number of rotatable bonds is 8. The average molecular weight is 262 g/mol. The van der Waals surface area contributed by atoms with Crippen molar-refractivity contribution in [1.29, 1.82) is 0 Å². The SMILES string of the molecule is CCCn1ncnc1CC(C)(CNC1CC1)C1CC1. The zero-order chi connectivity index (χ0) is 13.3. The van der Waals surface area contributed by atoms with Crippen molar-refractivity contribution in [3.05, 3.63) is 12.2 Å². The molecule has 2 aliphatic carbocycles. The van der Waals surface area contributed by atoms with Gasteiger partial charge in [0.05, 0.1) is 0 Å². The maximum absolute atomic E-state index is 4.50. The molecule has 1 unspecified atom stereocenters. The van der Waals surface area contributed by atoms with Crippen molar-refractivity contribution < 1.29 is 0 Å². The Morgan fingerprint density at radius 1 is 1.37 bits per heavy atom. The summed E-state index contributed by atoms with van der Waals surface area (Å²) in [4.78, 5) is 4.50. The predicted octanol–water partition coefficient (Wildman–Crippen LogP) is 2.40. The van der Waals surface area contributed by atoms with Gasteiger partial charge >= 0.3 is 0 Å². The van der Waals surface area contributed by atoms with Crippen molar-refractivity contribution in [3.8, 4) is 0 Å². The van der Waals surface area contributed by atoms with E-state index >= 15 is 0 Å². The molecule has 0 saturated heterocycles. The van der Waals surface area contributed by atoms with Gasteiger partial charge in [0.1, 0.15) is 12.2 Å². The molecule has 0 radical (unpaired) electrons. The molecule has 0 amide bonds. The third-order valence-electron chi connectivity index (χ3n) is 4.63. The zero-order valence-electron chi connectivity index (χ0n) is 12.2. The highest BCUT2D eigenvalue weighted by Gasteiger charge is 2.42. The van der Waals surface area contributed by atoms with Crippen LogP contribution < -0.4 is 5.32 Å². The molecule has 0 spiro atoms. The van der Waals surface area contributed by atoms with Crippen molar-refractivity contribution in [2.75, 3.05) is 6.54 Å². The van der Waals surface area contributed by atoms with Gasteiger partial charge < -0.3 is 5.32 Å². The van der Waals surface area contributed by atoms with Gasteiger partial charge in [-0.2, -0.15) is 5.10 Å². The fourth-order valence-corrected chi connectivity index (χ4v) is 2.98. The van der Waals surface area contributed by atoms with Crippen molar-refractivity contribution in [1.82, 2.24) is 20.1 Å². The van der Waals surface area contributed by atoms with Crippen molar-refractivity contribution in [2.24, 2.45) is 11.3 Å². The third-order valence-corrected chi connectivity index (χ3v) is 4.63. The molecular formula is C15H26N4. The molecule has 1 heterocycles. The predicted molar refractivity (Wildman–Crippen MR) is 75.9 cm³/mol. The van der Waals surface area contributed by atoms with Gasteiger partial charge in [-0.25, -0.2) is 4.98 Å². The number of hydrogen-bond acceptors (Lipinski definition) is 3. The lowest BCUT2D eigenvalue weighted by molar-refractivity contribution is 0.245. The first-order valence-corrected chi connectivity index (χ1v) is 7.81. The Hall–Kier alpha value is -0.900. The maximum atomic E-state index is 4.50. The first-order chi connectivity index (χ1) is 9.21. The average Bonchev–Trinajstić information content (AvgIpc) is 3.28. The summed E-state index contributed by atoms with van der Waals surface area (Å²) in [6.07, 6.45) is 9.43. The molecule has 2 aliphatic rings. The molecule has 1 aromatic heterocycles. The van der Waals surface area contributed by atoms with E-state index in [4.69, 9.17) is 0 Å². The van der Waals surface area contributed by atoms with E-state index in [0.29, 0.717) is 5.41 Å². The van der Waals surface area contributed by atoms with Crippen LogP contribution in [0.5, 0.6) is 0 Å². The Morgan fingerprint density at radius 3 is 2.79 bits per heavy atom. The summed E-state index contributed by atoms with van der Waals surface area (Å²) in [6.45, 7) is 6.76. The molecule has 1 atom stereocenters. The smallest absolute Gasteiger partial charge is 0.138 e. The third kappa shape index (κ3) is 3.16. The molecule has 1 N–H and O–H groups in total. The van der Waals surface area contributed by atoms with Crippen LogP contribution in [0, 0.1) is 11.3 Å². The van der Waals surface area contributed by atoms with Crippen LogP contribution in [0.15, 0.2) is 6.33 Å². The Balaban J connectivity index is 1.67. The lowest BCUT2D eigenvalue weighted by atomic mass is 9.81. The molecule has 3 rings (SSSR count). The molecule has 106 valence electrons. The van der Waals surface area contributed by atoms with Crippen molar-refractivity contribution in [3.63, 3.8) is 0 Å². The second-order valence-corrected chi connectivity index (χ2v) is 6.66. The summed E-state index contributed by atoms with van der Waals surface area (Å²) >= 11 is 0. The second kappa shape index (κ2) is 5.23. The molecule has 0 aromatic carbocycles. The summed E-state index contributed by atoms with van der Waals surface area (Å²) in [6, 6.07) is 0.798. The molecule has 2 saturated carbocycles. The highest BCUT2D eigenvalue weighted by atomic mass is 15.3. The zero-order valence-corrected chi connectivity index (χ0v) is 12.2. The summed E-state index contributed by atoms with van der Waals surface area (Å²) < 4.78 is 2.09. The number of aryl methyl sites for hydroxylation is 1.